The number of carbonyl (C=O) groups is 5. The number of imide groups is 2. The highest BCUT2D eigenvalue weighted by Crippen LogP contribution is 2.33. The second-order valence-electron chi connectivity index (χ2n) is 14.1. The molecule has 55 heavy (non-hydrogen) atoms. The Morgan fingerprint density at radius 2 is 1.95 bits per heavy atom. The predicted octanol–water partition coefficient (Wildman–Crippen LogP) is 3.60. The molecule has 0 aliphatic carbocycles. The van der Waals surface area contributed by atoms with Crippen LogP contribution in [0.5, 0.6) is 0 Å². The molecule has 14 nitrogen and oxygen atoms in total. The standard InChI is InChI=1S/C40H42FN9O5/c1-4-24(32-21-45-40-48(3)22-26(50(40)47-32)19-23-11-12-30-25(18-23)8-7-15-42-30)20-29(41)27(5-2)36(52)44-17-16-43-31-10-6-9-28-35(31)39(55)49(38(28)54)33-13-14-34(51)46-37(33)53/h7-9,11-12,15,18,21-22,24,27,29,33,40,43H,4-5,13-14,16-17,19-20H2,1-3H3,(H,44,52)(H,46,51,53). The molecule has 3 aromatic rings. The van der Waals surface area contributed by atoms with Crippen molar-refractivity contribution >= 4 is 58.1 Å². The smallest absolute Gasteiger partial charge is 0.265 e. The van der Waals surface area contributed by atoms with Gasteiger partial charge >= 0.3 is 0 Å². The highest BCUT2D eigenvalue weighted by molar-refractivity contribution is 6.32. The van der Waals surface area contributed by atoms with Crippen LogP contribution in [0.2, 0.25) is 0 Å². The molecule has 2 aromatic carbocycles. The Labute approximate surface area is 317 Å². The average molecular weight is 748 g/mol. The van der Waals surface area contributed by atoms with Crippen molar-refractivity contribution in [2.75, 3.05) is 25.5 Å². The maximum Gasteiger partial charge on any atom is 0.265 e. The van der Waals surface area contributed by atoms with Crippen LogP contribution in [0.25, 0.3) is 10.9 Å². The van der Waals surface area contributed by atoms with Gasteiger partial charge in [0, 0.05) is 69.0 Å². The summed E-state index contributed by atoms with van der Waals surface area (Å²) < 4.78 is 16.0. The minimum absolute atomic E-state index is 0.00851. The summed E-state index contributed by atoms with van der Waals surface area (Å²) in [5.74, 6) is -4.11. The van der Waals surface area contributed by atoms with Crippen molar-refractivity contribution in [3.8, 4) is 0 Å². The molecular weight excluding hydrogens is 705 g/mol. The van der Waals surface area contributed by atoms with Gasteiger partial charge in [-0.25, -0.2) is 14.4 Å². The van der Waals surface area contributed by atoms with E-state index in [9.17, 15) is 24.0 Å². The zero-order chi connectivity index (χ0) is 38.8. The van der Waals surface area contributed by atoms with Crippen molar-refractivity contribution in [2.45, 2.75) is 70.9 Å². The van der Waals surface area contributed by atoms with Gasteiger partial charge < -0.3 is 15.5 Å². The summed E-state index contributed by atoms with van der Waals surface area (Å²) >= 11 is 0. The number of anilines is 1. The monoisotopic (exact) mass is 747 g/mol. The van der Waals surface area contributed by atoms with Crippen molar-refractivity contribution < 1.29 is 28.4 Å². The zero-order valence-corrected chi connectivity index (χ0v) is 30.8. The van der Waals surface area contributed by atoms with Crippen molar-refractivity contribution in [3.63, 3.8) is 0 Å². The van der Waals surface area contributed by atoms with Crippen molar-refractivity contribution in [3.05, 3.63) is 83.3 Å². The Bertz CT molecular complexity index is 2140. The van der Waals surface area contributed by atoms with Gasteiger partial charge in [0.2, 0.25) is 24.0 Å². The molecule has 5 heterocycles. The lowest BCUT2D eigenvalue weighted by molar-refractivity contribution is -0.136. The molecule has 7 rings (SSSR count). The van der Waals surface area contributed by atoms with Gasteiger partial charge in [-0.05, 0) is 55.5 Å². The number of aliphatic imine (C=N–C) groups is 1. The van der Waals surface area contributed by atoms with Crippen LogP contribution in [-0.4, -0.2) is 99.9 Å². The van der Waals surface area contributed by atoms with Crippen LogP contribution in [0.15, 0.2) is 64.6 Å². The van der Waals surface area contributed by atoms with Crippen LogP contribution in [0, 0.1) is 24.0 Å². The zero-order valence-electron chi connectivity index (χ0n) is 30.8. The molecule has 0 radical (unpaired) electrons. The number of alkyl halides is 1. The fourth-order valence-electron chi connectivity index (χ4n) is 7.59. The molecule has 0 bridgehead atoms. The first-order chi connectivity index (χ1) is 26.6. The Morgan fingerprint density at radius 3 is 2.73 bits per heavy atom. The number of nitrogens with one attached hydrogen (secondary N) is 3. The number of aromatic nitrogens is 1. The van der Waals surface area contributed by atoms with Crippen LogP contribution in [0.3, 0.4) is 0 Å². The highest BCUT2D eigenvalue weighted by atomic mass is 19.1. The fraction of sp³-hybridized carbons (Fsp3) is 0.400. The van der Waals surface area contributed by atoms with Crippen molar-refractivity contribution in [1.82, 2.24) is 30.4 Å². The van der Waals surface area contributed by atoms with E-state index in [0.29, 0.717) is 18.6 Å². The van der Waals surface area contributed by atoms with E-state index >= 15 is 4.39 Å². The van der Waals surface area contributed by atoms with E-state index in [-0.39, 0.29) is 67.8 Å². The summed E-state index contributed by atoms with van der Waals surface area (Å²) in [4.78, 5) is 75.8. The second-order valence-corrected chi connectivity index (χ2v) is 14.1. The molecular formula is C40H42FN9O5. The van der Waals surface area contributed by atoms with Gasteiger partial charge in [0.05, 0.1) is 39.7 Å². The van der Waals surface area contributed by atoms with E-state index in [0.717, 1.165) is 27.1 Å². The number of carbonyl (C=O) groups excluding carboxylic acids is 5. The molecule has 0 spiro atoms. The maximum absolute atomic E-state index is 16.0. The first-order valence-corrected chi connectivity index (χ1v) is 18.6. The summed E-state index contributed by atoms with van der Waals surface area (Å²) in [5, 5.41) is 15.9. The number of hydrazone groups is 1. The summed E-state index contributed by atoms with van der Waals surface area (Å²) in [7, 11) is 1.95. The first-order valence-electron chi connectivity index (χ1n) is 18.6. The minimum atomic E-state index is -1.44. The van der Waals surface area contributed by atoms with E-state index in [1.54, 1.807) is 19.3 Å². The van der Waals surface area contributed by atoms with Crippen LogP contribution in [-0.2, 0) is 20.8 Å². The average Bonchev–Trinajstić information content (AvgIpc) is 3.63. The molecule has 15 heteroatoms. The largest absolute Gasteiger partial charge is 0.376 e. The first kappa shape index (κ1) is 37.2. The second kappa shape index (κ2) is 15.7. The normalized spacial score (nSPS) is 20.7. The number of halogens is 1. The molecule has 5 atom stereocenters. The van der Waals surface area contributed by atoms with Gasteiger partial charge in [0.25, 0.3) is 11.8 Å². The highest BCUT2D eigenvalue weighted by Gasteiger charge is 2.46. The third-order valence-electron chi connectivity index (χ3n) is 10.5. The number of hydrogen-bond donors (Lipinski definition) is 3. The van der Waals surface area contributed by atoms with E-state index in [1.165, 1.54) is 6.07 Å². The van der Waals surface area contributed by atoms with Crippen molar-refractivity contribution in [1.29, 1.82) is 0 Å². The van der Waals surface area contributed by atoms with E-state index in [4.69, 9.17) is 10.1 Å². The van der Waals surface area contributed by atoms with Gasteiger partial charge in [-0.2, -0.15) is 5.10 Å². The predicted molar refractivity (Wildman–Crippen MR) is 202 cm³/mol. The van der Waals surface area contributed by atoms with Gasteiger partial charge in [-0.1, -0.05) is 32.0 Å². The Morgan fingerprint density at radius 1 is 1.11 bits per heavy atom. The van der Waals surface area contributed by atoms with Crippen LogP contribution in [0.4, 0.5) is 10.1 Å². The van der Waals surface area contributed by atoms with Gasteiger partial charge in [-0.3, -0.25) is 39.2 Å². The number of nitrogens with zero attached hydrogens (tertiary/aromatic N) is 6. The lowest BCUT2D eigenvalue weighted by Crippen LogP contribution is -2.54. The molecule has 1 saturated heterocycles. The summed E-state index contributed by atoms with van der Waals surface area (Å²) in [6.45, 7) is 3.98. The molecule has 5 amide bonds. The summed E-state index contributed by atoms with van der Waals surface area (Å²) in [5.41, 5.74) is 3.96. The number of hydrogen-bond acceptors (Lipinski definition) is 11. The van der Waals surface area contributed by atoms with Gasteiger partial charge in [0.15, 0.2) is 0 Å². The lowest BCUT2D eigenvalue weighted by atomic mass is 9.87. The lowest BCUT2D eigenvalue weighted by Gasteiger charge is -2.31. The number of amides is 5. The molecule has 1 aromatic heterocycles. The van der Waals surface area contributed by atoms with Crippen LogP contribution >= 0.6 is 0 Å². The van der Waals surface area contributed by atoms with Gasteiger partial charge in [-0.15, -0.1) is 0 Å². The van der Waals surface area contributed by atoms with Crippen LogP contribution < -0.4 is 16.0 Å². The minimum Gasteiger partial charge on any atom is -0.376 e. The fourth-order valence-corrected chi connectivity index (χ4v) is 7.59. The quantitative estimate of drug-likeness (QED) is 0.165. The topological polar surface area (TPSA) is 169 Å². The number of piperidine rings is 1. The summed E-state index contributed by atoms with van der Waals surface area (Å²) in [6.07, 6.45) is 5.42. The molecule has 1 fully saturated rings. The summed E-state index contributed by atoms with van der Waals surface area (Å²) in [6, 6.07) is 15.9. The Kier molecular flexibility index (Phi) is 10.6. The molecule has 4 aliphatic rings. The number of fused-ring (bicyclic) bond motifs is 3. The van der Waals surface area contributed by atoms with E-state index in [2.05, 4.69) is 45.2 Å². The molecule has 3 N–H and O–H groups in total. The molecule has 0 saturated carbocycles. The third-order valence-corrected chi connectivity index (χ3v) is 10.5. The van der Waals surface area contributed by atoms with E-state index in [1.807, 2.05) is 48.3 Å². The van der Waals surface area contributed by atoms with Gasteiger partial charge in [0.1, 0.15) is 12.2 Å². The van der Waals surface area contributed by atoms with Crippen LogP contribution in [0.1, 0.15) is 72.2 Å². The molecule has 4 aliphatic heterocycles. The van der Waals surface area contributed by atoms with Crippen molar-refractivity contribution in [2.24, 2.45) is 21.9 Å². The molecule has 284 valence electrons. The molecule has 5 unspecified atom stereocenters. The number of pyridine rings is 1. The Balaban J connectivity index is 0.942. The SMILES string of the molecule is CCC(CC(F)C(CC)C(=O)NCCNc1c#ccc2c1C(=O)N(C1CCC(=O)NC1=O)C2=O)C1=NN2C(Cc3ccc4ncccc4c3)=CN(C)C2N=C1. The number of benzene rings is 1. The number of rotatable bonds is 14. The third kappa shape index (κ3) is 7.36. The Hall–Kier alpha value is -6.17. The van der Waals surface area contributed by atoms with E-state index < -0.39 is 47.7 Å². The number of allylic oxidation sites excluding steroid dienone is 1. The maximum atomic E-state index is 16.0.